The molecule has 0 unspecified atom stereocenters. The number of aryl methyl sites for hydroxylation is 3. The largest absolute Gasteiger partial charge is 0.356 e. The molecule has 0 aliphatic heterocycles. The van der Waals surface area contributed by atoms with Crippen LogP contribution >= 0.6 is 35.3 Å². The quantitative estimate of drug-likeness (QED) is 0.321. The van der Waals surface area contributed by atoms with Crippen molar-refractivity contribution in [2.24, 2.45) is 12.0 Å². The van der Waals surface area contributed by atoms with Gasteiger partial charge in [0.15, 0.2) is 5.96 Å². The molecule has 2 rings (SSSR count). The molecule has 0 radical (unpaired) electrons. The highest BCUT2D eigenvalue weighted by Crippen LogP contribution is 2.10. The van der Waals surface area contributed by atoms with Crippen LogP contribution in [0.25, 0.3) is 0 Å². The summed E-state index contributed by atoms with van der Waals surface area (Å²) in [5, 5.41) is 6.74. The van der Waals surface area contributed by atoms with Gasteiger partial charge in [-0.1, -0.05) is 0 Å². The number of hydrogen-bond donors (Lipinski definition) is 1. The summed E-state index contributed by atoms with van der Waals surface area (Å²) in [6.45, 7) is 3.79. The maximum atomic E-state index is 4.49. The van der Waals surface area contributed by atoms with Crippen molar-refractivity contribution in [3.8, 4) is 0 Å². The van der Waals surface area contributed by atoms with E-state index in [9.17, 15) is 0 Å². The van der Waals surface area contributed by atoms with Crippen LogP contribution in [-0.2, 0) is 20.0 Å². The minimum Gasteiger partial charge on any atom is -0.356 e. The average molecular weight is 447 g/mol. The Morgan fingerprint density at radius 3 is 2.83 bits per heavy atom. The van der Waals surface area contributed by atoms with Crippen LogP contribution in [0.4, 0.5) is 0 Å². The van der Waals surface area contributed by atoms with Gasteiger partial charge in [0.05, 0.1) is 11.6 Å². The van der Waals surface area contributed by atoms with Crippen LogP contribution in [0.1, 0.15) is 22.8 Å². The van der Waals surface area contributed by atoms with Crippen molar-refractivity contribution in [1.29, 1.82) is 0 Å². The van der Waals surface area contributed by atoms with E-state index in [-0.39, 0.29) is 24.0 Å². The second kappa shape index (κ2) is 9.92. The van der Waals surface area contributed by atoms with Crippen LogP contribution in [0.15, 0.2) is 28.7 Å². The SMILES string of the molecule is CN=C(NCCCc1nc(C)cs1)N(C)Cc1cccn1C.I. The topological polar surface area (TPSA) is 45.5 Å². The molecule has 2 aromatic heterocycles. The van der Waals surface area contributed by atoms with E-state index in [1.165, 1.54) is 10.7 Å². The lowest BCUT2D eigenvalue weighted by Gasteiger charge is -2.22. The molecule has 0 bridgehead atoms. The van der Waals surface area contributed by atoms with Crippen LogP contribution in [0, 0.1) is 6.92 Å². The minimum atomic E-state index is 0. The van der Waals surface area contributed by atoms with Gasteiger partial charge in [0.1, 0.15) is 0 Å². The highest BCUT2D eigenvalue weighted by Gasteiger charge is 2.08. The zero-order chi connectivity index (χ0) is 15.9. The highest BCUT2D eigenvalue weighted by atomic mass is 127. The van der Waals surface area contributed by atoms with Crippen LogP contribution < -0.4 is 5.32 Å². The smallest absolute Gasteiger partial charge is 0.193 e. The number of aromatic nitrogens is 2. The number of halogens is 1. The standard InChI is InChI=1S/C16H25N5S.HI/c1-13-12-22-15(19-13)8-5-9-18-16(17-2)21(4)11-14-7-6-10-20(14)3;/h6-7,10,12H,5,8-9,11H2,1-4H3,(H,17,18);1H. The minimum absolute atomic E-state index is 0. The normalized spacial score (nSPS) is 11.2. The lowest BCUT2D eigenvalue weighted by atomic mass is 10.3. The molecule has 0 aliphatic carbocycles. The predicted molar refractivity (Wildman–Crippen MR) is 109 cm³/mol. The van der Waals surface area contributed by atoms with Gasteiger partial charge in [0.25, 0.3) is 0 Å². The van der Waals surface area contributed by atoms with E-state index in [1.54, 1.807) is 11.3 Å². The van der Waals surface area contributed by atoms with Crippen LogP contribution in [0.3, 0.4) is 0 Å². The zero-order valence-electron chi connectivity index (χ0n) is 14.2. The van der Waals surface area contributed by atoms with Crippen molar-refractivity contribution in [3.63, 3.8) is 0 Å². The second-order valence-corrected chi connectivity index (χ2v) is 6.37. The van der Waals surface area contributed by atoms with Crippen molar-refractivity contribution < 1.29 is 0 Å². The molecule has 0 fully saturated rings. The number of guanidine groups is 1. The van der Waals surface area contributed by atoms with Gasteiger partial charge in [-0.3, -0.25) is 4.99 Å². The van der Waals surface area contributed by atoms with E-state index >= 15 is 0 Å². The first-order chi connectivity index (χ1) is 10.6. The summed E-state index contributed by atoms with van der Waals surface area (Å²) < 4.78 is 2.13. The second-order valence-electron chi connectivity index (χ2n) is 5.43. The fourth-order valence-electron chi connectivity index (χ4n) is 2.32. The lowest BCUT2D eigenvalue weighted by molar-refractivity contribution is 0.461. The summed E-state index contributed by atoms with van der Waals surface area (Å²) in [5.41, 5.74) is 2.38. The predicted octanol–water partition coefficient (Wildman–Crippen LogP) is 3.05. The molecule has 0 spiro atoms. The fraction of sp³-hybridized carbons (Fsp3) is 0.500. The van der Waals surface area contributed by atoms with Gasteiger partial charge in [-0.05, 0) is 25.5 Å². The summed E-state index contributed by atoms with van der Waals surface area (Å²) in [5.74, 6) is 0.927. The fourth-order valence-corrected chi connectivity index (χ4v) is 3.14. The summed E-state index contributed by atoms with van der Waals surface area (Å²) in [6, 6.07) is 4.20. The number of nitrogens with one attached hydrogen (secondary N) is 1. The van der Waals surface area contributed by atoms with Crippen molar-refractivity contribution >= 4 is 41.3 Å². The van der Waals surface area contributed by atoms with E-state index in [2.05, 4.69) is 62.6 Å². The van der Waals surface area contributed by atoms with Gasteiger partial charge < -0.3 is 14.8 Å². The molecule has 0 saturated heterocycles. The third kappa shape index (κ3) is 6.14. The van der Waals surface area contributed by atoms with E-state index in [1.807, 2.05) is 14.0 Å². The molecule has 128 valence electrons. The van der Waals surface area contributed by atoms with Gasteiger partial charge in [0.2, 0.25) is 0 Å². The molecule has 5 nitrogen and oxygen atoms in total. The summed E-state index contributed by atoms with van der Waals surface area (Å²) >= 11 is 1.74. The Morgan fingerprint density at radius 1 is 1.48 bits per heavy atom. The molecule has 0 saturated carbocycles. The molecule has 0 aromatic carbocycles. The Kier molecular flexibility index (Phi) is 8.60. The monoisotopic (exact) mass is 447 g/mol. The molecule has 23 heavy (non-hydrogen) atoms. The molecular weight excluding hydrogens is 421 g/mol. The van der Waals surface area contributed by atoms with E-state index in [0.717, 1.165) is 37.6 Å². The third-order valence-corrected chi connectivity index (χ3v) is 4.57. The van der Waals surface area contributed by atoms with Crippen LogP contribution in [0.2, 0.25) is 0 Å². The summed E-state index contributed by atoms with van der Waals surface area (Å²) in [4.78, 5) is 11.0. The third-order valence-electron chi connectivity index (χ3n) is 3.54. The van der Waals surface area contributed by atoms with E-state index in [4.69, 9.17) is 0 Å². The molecular formula is C16H26IN5S. The maximum absolute atomic E-state index is 4.49. The van der Waals surface area contributed by atoms with Crippen molar-refractivity contribution in [3.05, 3.63) is 40.1 Å². The molecule has 1 N–H and O–H groups in total. The number of nitrogens with zero attached hydrogens (tertiary/aromatic N) is 4. The highest BCUT2D eigenvalue weighted by molar-refractivity contribution is 14.0. The summed E-state index contributed by atoms with van der Waals surface area (Å²) in [6.07, 6.45) is 4.14. The number of rotatable bonds is 6. The lowest BCUT2D eigenvalue weighted by Crippen LogP contribution is -2.39. The Bertz CT molecular complexity index is 620. The van der Waals surface area contributed by atoms with Crippen LogP contribution in [0.5, 0.6) is 0 Å². The number of thiazole rings is 1. The number of aliphatic imine (C=N–C) groups is 1. The first kappa shape index (κ1) is 20.0. The average Bonchev–Trinajstić information content (AvgIpc) is 3.08. The van der Waals surface area contributed by atoms with Gasteiger partial charge >= 0.3 is 0 Å². The van der Waals surface area contributed by atoms with Crippen molar-refractivity contribution in [1.82, 2.24) is 19.8 Å². The zero-order valence-corrected chi connectivity index (χ0v) is 17.4. The van der Waals surface area contributed by atoms with E-state index < -0.39 is 0 Å². The summed E-state index contributed by atoms with van der Waals surface area (Å²) in [7, 11) is 5.95. The van der Waals surface area contributed by atoms with Crippen LogP contribution in [-0.4, -0.2) is 41.1 Å². The molecule has 0 atom stereocenters. The Morgan fingerprint density at radius 2 is 2.26 bits per heavy atom. The molecule has 2 aromatic rings. The Labute approximate surface area is 159 Å². The molecule has 0 amide bonds. The van der Waals surface area contributed by atoms with E-state index in [0.29, 0.717) is 0 Å². The maximum Gasteiger partial charge on any atom is 0.193 e. The number of hydrogen-bond acceptors (Lipinski definition) is 3. The molecule has 2 heterocycles. The first-order valence-corrected chi connectivity index (χ1v) is 8.41. The molecule has 7 heteroatoms. The van der Waals surface area contributed by atoms with Crippen molar-refractivity contribution in [2.45, 2.75) is 26.3 Å². The van der Waals surface area contributed by atoms with Gasteiger partial charge in [-0.25, -0.2) is 4.98 Å². The van der Waals surface area contributed by atoms with Gasteiger partial charge in [-0.15, -0.1) is 35.3 Å². The van der Waals surface area contributed by atoms with Gasteiger partial charge in [-0.2, -0.15) is 0 Å². The van der Waals surface area contributed by atoms with Crippen molar-refractivity contribution in [2.75, 3.05) is 20.6 Å². The van der Waals surface area contributed by atoms with Gasteiger partial charge in [0, 0.05) is 57.1 Å². The Balaban J connectivity index is 0.00000264. The Hall–Kier alpha value is -1.09. The molecule has 0 aliphatic rings. The first-order valence-electron chi connectivity index (χ1n) is 7.53.